The zero-order chi connectivity index (χ0) is 23.5. The van der Waals surface area contributed by atoms with Crippen molar-refractivity contribution in [2.75, 3.05) is 13.1 Å². The van der Waals surface area contributed by atoms with Gasteiger partial charge in [0.25, 0.3) is 5.91 Å². The zero-order valence-electron chi connectivity index (χ0n) is 20.3. The minimum Gasteiger partial charge on any atom is -0.353 e. The fraction of sp³-hybridized carbons (Fsp3) is 0.679. The molecule has 4 aliphatic rings. The summed E-state index contributed by atoms with van der Waals surface area (Å²) >= 11 is 0. The van der Waals surface area contributed by atoms with Crippen LogP contribution in [0.25, 0.3) is 0 Å². The zero-order valence-corrected chi connectivity index (χ0v) is 20.3. The number of nitrogens with zero attached hydrogens (tertiary/aromatic N) is 2. The highest BCUT2D eigenvalue weighted by Crippen LogP contribution is 2.41. The molecule has 2 aliphatic carbocycles. The molecule has 4 fully saturated rings. The van der Waals surface area contributed by atoms with E-state index in [9.17, 15) is 14.4 Å². The van der Waals surface area contributed by atoms with Crippen LogP contribution in [0.4, 0.5) is 0 Å². The van der Waals surface area contributed by atoms with Gasteiger partial charge in [-0.05, 0) is 63.0 Å². The van der Waals surface area contributed by atoms with Gasteiger partial charge in [0.1, 0.15) is 6.04 Å². The highest BCUT2D eigenvalue weighted by atomic mass is 16.2. The fourth-order valence-electron chi connectivity index (χ4n) is 6.84. The minimum atomic E-state index is -0.353. The number of fused-ring (bicyclic) bond motifs is 1. The summed E-state index contributed by atoms with van der Waals surface area (Å²) in [7, 11) is 0. The van der Waals surface area contributed by atoms with Gasteiger partial charge in [-0.3, -0.25) is 14.4 Å². The minimum absolute atomic E-state index is 0.00276. The molecule has 2 saturated heterocycles. The van der Waals surface area contributed by atoms with Gasteiger partial charge in [-0.25, -0.2) is 0 Å². The molecule has 184 valence electrons. The summed E-state index contributed by atoms with van der Waals surface area (Å²) in [6, 6.07) is 9.42. The van der Waals surface area contributed by atoms with E-state index in [1.165, 1.54) is 12.8 Å². The molecule has 0 bridgehead atoms. The van der Waals surface area contributed by atoms with Gasteiger partial charge in [0.2, 0.25) is 11.8 Å². The number of hydrogen-bond donors (Lipinski definition) is 1. The Morgan fingerprint density at radius 1 is 0.794 bits per heavy atom. The van der Waals surface area contributed by atoms with E-state index in [0.717, 1.165) is 64.2 Å². The van der Waals surface area contributed by atoms with E-state index >= 15 is 0 Å². The van der Waals surface area contributed by atoms with E-state index in [-0.39, 0.29) is 41.8 Å². The summed E-state index contributed by atoms with van der Waals surface area (Å²) < 4.78 is 0. The Labute approximate surface area is 203 Å². The van der Waals surface area contributed by atoms with Gasteiger partial charge in [0.05, 0.1) is 0 Å². The van der Waals surface area contributed by atoms with Crippen LogP contribution < -0.4 is 5.32 Å². The first-order valence-corrected chi connectivity index (χ1v) is 13.6. The number of benzene rings is 1. The average molecular weight is 466 g/mol. The van der Waals surface area contributed by atoms with E-state index in [1.54, 1.807) is 0 Å². The van der Waals surface area contributed by atoms with Crippen LogP contribution in [0.1, 0.15) is 87.4 Å². The van der Waals surface area contributed by atoms with Crippen LogP contribution in [0.15, 0.2) is 30.3 Å². The topological polar surface area (TPSA) is 69.7 Å². The Bertz CT molecular complexity index is 874. The van der Waals surface area contributed by atoms with Crippen molar-refractivity contribution >= 4 is 17.7 Å². The molecule has 1 aromatic rings. The van der Waals surface area contributed by atoms with Crippen molar-refractivity contribution < 1.29 is 14.4 Å². The lowest BCUT2D eigenvalue weighted by Gasteiger charge is -2.38. The summed E-state index contributed by atoms with van der Waals surface area (Å²) in [5.41, 5.74) is 0.677. The molecule has 1 aromatic carbocycles. The van der Waals surface area contributed by atoms with Gasteiger partial charge in [-0.1, -0.05) is 50.3 Å². The Balaban J connectivity index is 1.22. The number of amides is 3. The molecular formula is C28H39N3O3. The molecule has 3 unspecified atom stereocenters. The highest BCUT2D eigenvalue weighted by Gasteiger charge is 2.48. The predicted octanol–water partition coefficient (Wildman–Crippen LogP) is 4.15. The maximum absolute atomic E-state index is 13.7. The molecule has 5 rings (SSSR count). The molecule has 0 spiro atoms. The summed E-state index contributed by atoms with van der Waals surface area (Å²) in [6.45, 7) is 1.32. The number of piperidine rings is 1. The van der Waals surface area contributed by atoms with Crippen molar-refractivity contribution in [3.05, 3.63) is 35.9 Å². The van der Waals surface area contributed by atoms with E-state index in [2.05, 4.69) is 5.32 Å². The predicted molar refractivity (Wildman–Crippen MR) is 131 cm³/mol. The molecule has 34 heavy (non-hydrogen) atoms. The molecule has 2 saturated carbocycles. The van der Waals surface area contributed by atoms with Crippen LogP contribution in [0.5, 0.6) is 0 Å². The third-order valence-electron chi connectivity index (χ3n) is 8.76. The van der Waals surface area contributed by atoms with Crippen LogP contribution in [0, 0.1) is 11.8 Å². The number of hydrogen-bond acceptors (Lipinski definition) is 3. The smallest absolute Gasteiger partial charge is 0.254 e. The summed E-state index contributed by atoms with van der Waals surface area (Å²) in [4.78, 5) is 43.8. The average Bonchev–Trinajstić information content (AvgIpc) is 3.29. The molecule has 0 aromatic heterocycles. The van der Waals surface area contributed by atoms with Gasteiger partial charge >= 0.3 is 0 Å². The monoisotopic (exact) mass is 465 g/mol. The highest BCUT2D eigenvalue weighted by molar-refractivity contribution is 5.98. The van der Waals surface area contributed by atoms with Crippen molar-refractivity contribution in [2.24, 2.45) is 11.8 Å². The Morgan fingerprint density at radius 3 is 2.21 bits per heavy atom. The summed E-state index contributed by atoms with van der Waals surface area (Å²) in [5, 5.41) is 3.27. The normalized spacial score (nSPS) is 28.4. The standard InChI is InChI=1S/C28H39N3O3/c32-26(20-9-3-1-4-10-20)29-23-15-17-30(18-16-23)28(34)25-19-22-13-7-8-14-24(22)31(25)27(33)21-11-5-2-6-12-21/h2,5-6,11-12,20,22-25H,1,3-4,7-10,13-19H2,(H,29,32). The number of likely N-dealkylation sites (tertiary alicyclic amines) is 2. The van der Waals surface area contributed by atoms with Gasteiger partial charge in [-0.15, -0.1) is 0 Å². The van der Waals surface area contributed by atoms with Crippen LogP contribution in [0.2, 0.25) is 0 Å². The lowest BCUT2D eigenvalue weighted by Crippen LogP contribution is -2.54. The van der Waals surface area contributed by atoms with E-state index in [0.29, 0.717) is 24.6 Å². The molecule has 1 N–H and O–H groups in total. The second-order valence-corrected chi connectivity index (χ2v) is 10.9. The second kappa shape index (κ2) is 10.5. The summed E-state index contributed by atoms with van der Waals surface area (Å²) in [5.74, 6) is 0.929. The molecule has 6 nitrogen and oxygen atoms in total. The van der Waals surface area contributed by atoms with E-state index in [4.69, 9.17) is 0 Å². The van der Waals surface area contributed by atoms with Crippen LogP contribution in [-0.2, 0) is 9.59 Å². The maximum atomic E-state index is 13.7. The van der Waals surface area contributed by atoms with Crippen LogP contribution in [-0.4, -0.2) is 58.7 Å². The first kappa shape index (κ1) is 23.4. The first-order chi connectivity index (χ1) is 16.6. The van der Waals surface area contributed by atoms with Crippen molar-refractivity contribution in [1.82, 2.24) is 15.1 Å². The lowest BCUT2D eigenvalue weighted by molar-refractivity contribution is -0.137. The molecule has 6 heteroatoms. The van der Waals surface area contributed by atoms with Crippen LogP contribution in [0.3, 0.4) is 0 Å². The maximum Gasteiger partial charge on any atom is 0.254 e. The third kappa shape index (κ3) is 4.87. The first-order valence-electron chi connectivity index (χ1n) is 13.6. The molecule has 3 atom stereocenters. The Morgan fingerprint density at radius 2 is 1.47 bits per heavy atom. The van der Waals surface area contributed by atoms with Crippen molar-refractivity contribution in [3.8, 4) is 0 Å². The molecular weight excluding hydrogens is 426 g/mol. The molecule has 0 radical (unpaired) electrons. The van der Waals surface area contributed by atoms with Crippen LogP contribution >= 0.6 is 0 Å². The second-order valence-electron chi connectivity index (χ2n) is 10.9. The number of rotatable bonds is 4. The van der Waals surface area contributed by atoms with Crippen molar-refractivity contribution in [3.63, 3.8) is 0 Å². The van der Waals surface area contributed by atoms with Gasteiger partial charge in [0.15, 0.2) is 0 Å². The van der Waals surface area contributed by atoms with Gasteiger partial charge < -0.3 is 15.1 Å². The lowest BCUT2D eigenvalue weighted by atomic mass is 9.84. The molecule has 2 heterocycles. The molecule has 2 aliphatic heterocycles. The Hall–Kier alpha value is -2.37. The third-order valence-corrected chi connectivity index (χ3v) is 8.76. The van der Waals surface area contributed by atoms with Crippen molar-refractivity contribution in [2.45, 2.75) is 95.2 Å². The Kier molecular flexibility index (Phi) is 7.21. The quantitative estimate of drug-likeness (QED) is 0.726. The number of carbonyl (C=O) groups is 3. The SMILES string of the molecule is O=C(NC1CCN(C(=O)C2CC3CCCCC3N2C(=O)c2ccccc2)CC1)C1CCCCC1. The largest absolute Gasteiger partial charge is 0.353 e. The van der Waals surface area contributed by atoms with Gasteiger partial charge in [0, 0.05) is 36.7 Å². The number of nitrogens with one attached hydrogen (secondary N) is 1. The van der Waals surface area contributed by atoms with E-state index < -0.39 is 0 Å². The number of carbonyl (C=O) groups excluding carboxylic acids is 3. The molecule has 3 amide bonds. The fourth-order valence-corrected chi connectivity index (χ4v) is 6.84. The van der Waals surface area contributed by atoms with Gasteiger partial charge in [-0.2, -0.15) is 0 Å². The van der Waals surface area contributed by atoms with E-state index in [1.807, 2.05) is 40.1 Å². The summed E-state index contributed by atoms with van der Waals surface area (Å²) in [6.07, 6.45) is 12.4. The van der Waals surface area contributed by atoms with Crippen molar-refractivity contribution in [1.29, 1.82) is 0 Å².